The molecule has 2 aromatic carbocycles. The van der Waals surface area contributed by atoms with Crippen molar-refractivity contribution >= 4 is 21.9 Å². The number of methoxy groups -OCH3 is 2. The molecule has 1 amide bonds. The molecular formula is C24H29N5O5S. The SMILES string of the molecule is COc1ccc(-c2nc(NC(=O)c3cccc(S(=O)(=O)N4CC(C)CC(C)C4)c3)n[nH]2)c(OC)c1. The summed E-state index contributed by atoms with van der Waals surface area (Å²) in [6, 6.07) is 11.2. The Balaban J connectivity index is 1.52. The van der Waals surface area contributed by atoms with E-state index in [0.29, 0.717) is 36.0 Å². The lowest BCUT2D eigenvalue weighted by molar-refractivity contribution is 0.102. The predicted molar refractivity (Wildman–Crippen MR) is 131 cm³/mol. The highest BCUT2D eigenvalue weighted by Gasteiger charge is 2.32. The van der Waals surface area contributed by atoms with Crippen molar-refractivity contribution < 1.29 is 22.7 Å². The summed E-state index contributed by atoms with van der Waals surface area (Å²) in [5.74, 6) is 1.64. The molecule has 2 N–H and O–H groups in total. The first-order valence-electron chi connectivity index (χ1n) is 11.3. The van der Waals surface area contributed by atoms with Crippen molar-refractivity contribution in [1.82, 2.24) is 19.5 Å². The predicted octanol–water partition coefficient (Wildman–Crippen LogP) is 3.41. The number of nitrogens with one attached hydrogen (secondary N) is 2. The summed E-state index contributed by atoms with van der Waals surface area (Å²) in [5.41, 5.74) is 0.830. The number of carbonyl (C=O) groups is 1. The summed E-state index contributed by atoms with van der Waals surface area (Å²) in [5, 5.41) is 9.45. The lowest BCUT2D eigenvalue weighted by Gasteiger charge is -2.34. The molecule has 0 spiro atoms. The molecule has 1 saturated heterocycles. The second kappa shape index (κ2) is 10.0. The molecule has 1 aromatic heterocycles. The molecule has 10 nitrogen and oxygen atoms in total. The van der Waals surface area contributed by atoms with Gasteiger partial charge in [0.2, 0.25) is 16.0 Å². The molecule has 1 aliphatic heterocycles. The van der Waals surface area contributed by atoms with E-state index in [9.17, 15) is 13.2 Å². The molecule has 0 saturated carbocycles. The number of nitrogens with zero attached hydrogens (tertiary/aromatic N) is 3. The molecule has 35 heavy (non-hydrogen) atoms. The lowest BCUT2D eigenvalue weighted by atomic mass is 9.94. The van der Waals surface area contributed by atoms with E-state index in [-0.39, 0.29) is 28.2 Å². The summed E-state index contributed by atoms with van der Waals surface area (Å²) in [6.45, 7) is 5.04. The van der Waals surface area contributed by atoms with Crippen molar-refractivity contribution in [2.24, 2.45) is 11.8 Å². The van der Waals surface area contributed by atoms with Crippen molar-refractivity contribution in [2.45, 2.75) is 25.2 Å². The average molecular weight is 500 g/mol. The fourth-order valence-electron chi connectivity index (χ4n) is 4.35. The smallest absolute Gasteiger partial charge is 0.258 e. The topological polar surface area (TPSA) is 127 Å². The van der Waals surface area contributed by atoms with E-state index in [2.05, 4.69) is 34.3 Å². The summed E-state index contributed by atoms with van der Waals surface area (Å²) in [4.78, 5) is 17.3. The van der Waals surface area contributed by atoms with Gasteiger partial charge in [0.1, 0.15) is 11.5 Å². The first-order chi connectivity index (χ1) is 16.7. The normalized spacial score (nSPS) is 18.7. The Morgan fingerprint density at radius 3 is 2.51 bits per heavy atom. The highest BCUT2D eigenvalue weighted by molar-refractivity contribution is 7.89. The highest BCUT2D eigenvalue weighted by Crippen LogP contribution is 2.32. The van der Waals surface area contributed by atoms with Gasteiger partial charge in [0.05, 0.1) is 24.7 Å². The van der Waals surface area contributed by atoms with Crippen LogP contribution in [0.4, 0.5) is 5.95 Å². The summed E-state index contributed by atoms with van der Waals surface area (Å²) < 4.78 is 38.6. The number of hydrogen-bond acceptors (Lipinski definition) is 7. The Bertz CT molecular complexity index is 1310. The standard InChI is InChI=1S/C24H29N5O5S/c1-15-10-16(2)14-29(13-15)35(31,32)19-7-5-6-17(11-19)23(30)26-24-25-22(27-28-24)20-9-8-18(33-3)12-21(20)34-4/h5-9,11-12,15-16H,10,13-14H2,1-4H3,(H2,25,26,27,28,30). The Labute approximate surface area is 204 Å². The zero-order valence-electron chi connectivity index (χ0n) is 20.1. The summed E-state index contributed by atoms with van der Waals surface area (Å²) in [6.07, 6.45) is 0.996. The van der Waals surface area contributed by atoms with Crippen LogP contribution >= 0.6 is 0 Å². The molecule has 1 aliphatic rings. The Kier molecular flexibility index (Phi) is 7.08. The number of hydrogen-bond donors (Lipinski definition) is 2. The number of anilines is 1. The van der Waals surface area contributed by atoms with Gasteiger partial charge in [0, 0.05) is 24.7 Å². The molecule has 0 aliphatic carbocycles. The van der Waals surface area contributed by atoms with Crippen molar-refractivity contribution in [3.05, 3.63) is 48.0 Å². The van der Waals surface area contributed by atoms with Crippen LogP contribution < -0.4 is 14.8 Å². The third-order valence-electron chi connectivity index (χ3n) is 5.94. The third kappa shape index (κ3) is 5.30. The van der Waals surface area contributed by atoms with Crippen LogP contribution in [0.2, 0.25) is 0 Å². The molecule has 1 fully saturated rings. The van der Waals surface area contributed by atoms with Crippen LogP contribution in [0.15, 0.2) is 47.4 Å². The average Bonchev–Trinajstić information content (AvgIpc) is 3.31. The number of carbonyl (C=O) groups excluding carboxylic acids is 1. The second-order valence-corrected chi connectivity index (χ2v) is 10.8. The third-order valence-corrected chi connectivity index (χ3v) is 7.77. The van der Waals surface area contributed by atoms with E-state index in [1.165, 1.54) is 23.5 Å². The number of aromatic nitrogens is 3. The molecular weight excluding hydrogens is 470 g/mol. The monoisotopic (exact) mass is 499 g/mol. The van der Waals surface area contributed by atoms with Crippen LogP contribution in [-0.2, 0) is 10.0 Å². The van der Waals surface area contributed by atoms with Gasteiger partial charge in [-0.05, 0) is 48.6 Å². The van der Waals surface area contributed by atoms with Crippen LogP contribution in [0.25, 0.3) is 11.4 Å². The van der Waals surface area contributed by atoms with Crippen LogP contribution in [0.3, 0.4) is 0 Å². The van der Waals surface area contributed by atoms with Gasteiger partial charge >= 0.3 is 0 Å². The van der Waals surface area contributed by atoms with Crippen LogP contribution in [0, 0.1) is 11.8 Å². The van der Waals surface area contributed by atoms with Crippen molar-refractivity contribution in [3.63, 3.8) is 0 Å². The molecule has 2 unspecified atom stereocenters. The molecule has 4 rings (SSSR count). The number of amides is 1. The number of H-pyrrole nitrogens is 1. The van der Waals surface area contributed by atoms with Gasteiger partial charge in [-0.2, -0.15) is 9.29 Å². The van der Waals surface area contributed by atoms with Crippen LogP contribution in [-0.4, -0.2) is 61.1 Å². The molecule has 2 heterocycles. The maximum absolute atomic E-state index is 13.2. The fraction of sp³-hybridized carbons (Fsp3) is 0.375. The number of rotatable bonds is 7. The van der Waals surface area contributed by atoms with Gasteiger partial charge in [-0.1, -0.05) is 19.9 Å². The van der Waals surface area contributed by atoms with Crippen molar-refractivity contribution in [2.75, 3.05) is 32.6 Å². The van der Waals surface area contributed by atoms with Gasteiger partial charge in [0.15, 0.2) is 5.82 Å². The van der Waals surface area contributed by atoms with Crippen molar-refractivity contribution in [3.8, 4) is 22.9 Å². The first-order valence-corrected chi connectivity index (χ1v) is 12.7. The van der Waals surface area contributed by atoms with E-state index in [1.807, 2.05) is 0 Å². The molecule has 186 valence electrons. The van der Waals surface area contributed by atoms with Gasteiger partial charge in [0.25, 0.3) is 5.91 Å². The Hall–Kier alpha value is -3.44. The highest BCUT2D eigenvalue weighted by atomic mass is 32.2. The number of piperidine rings is 1. The Morgan fingerprint density at radius 2 is 1.83 bits per heavy atom. The van der Waals surface area contributed by atoms with Crippen LogP contribution in [0.1, 0.15) is 30.6 Å². The first kappa shape index (κ1) is 24.7. The summed E-state index contributed by atoms with van der Waals surface area (Å²) in [7, 11) is -0.619. The van der Waals surface area contributed by atoms with E-state index in [0.717, 1.165) is 6.42 Å². The van der Waals surface area contributed by atoms with E-state index in [1.54, 1.807) is 37.4 Å². The molecule has 0 bridgehead atoms. The minimum Gasteiger partial charge on any atom is -0.497 e. The maximum Gasteiger partial charge on any atom is 0.258 e. The zero-order valence-corrected chi connectivity index (χ0v) is 20.9. The van der Waals surface area contributed by atoms with Crippen molar-refractivity contribution in [1.29, 1.82) is 0 Å². The Morgan fingerprint density at radius 1 is 1.09 bits per heavy atom. The second-order valence-electron chi connectivity index (χ2n) is 8.82. The largest absolute Gasteiger partial charge is 0.497 e. The van der Waals surface area contributed by atoms with Gasteiger partial charge in [-0.25, -0.2) is 8.42 Å². The van der Waals surface area contributed by atoms with Gasteiger partial charge in [-0.3, -0.25) is 15.2 Å². The number of ether oxygens (including phenoxy) is 2. The number of benzene rings is 2. The minimum absolute atomic E-state index is 0.0508. The molecule has 0 radical (unpaired) electrons. The van der Waals surface area contributed by atoms with Gasteiger partial charge < -0.3 is 9.47 Å². The van der Waals surface area contributed by atoms with Gasteiger partial charge in [-0.15, -0.1) is 5.10 Å². The minimum atomic E-state index is -3.71. The molecule has 3 aromatic rings. The molecule has 2 atom stereocenters. The number of aromatic amines is 1. The molecule has 11 heteroatoms. The van der Waals surface area contributed by atoms with Crippen LogP contribution in [0.5, 0.6) is 11.5 Å². The van der Waals surface area contributed by atoms with E-state index in [4.69, 9.17) is 9.47 Å². The summed E-state index contributed by atoms with van der Waals surface area (Å²) >= 11 is 0. The quantitative estimate of drug-likeness (QED) is 0.510. The number of sulfonamides is 1. The zero-order chi connectivity index (χ0) is 25.2. The maximum atomic E-state index is 13.2. The fourth-order valence-corrected chi connectivity index (χ4v) is 6.08. The lowest BCUT2D eigenvalue weighted by Crippen LogP contribution is -2.42. The van der Waals surface area contributed by atoms with E-state index < -0.39 is 15.9 Å². The van der Waals surface area contributed by atoms with E-state index >= 15 is 0 Å².